The van der Waals surface area contributed by atoms with E-state index in [1.807, 2.05) is 0 Å². The fourth-order valence-electron chi connectivity index (χ4n) is 9.60. The number of rotatable bonds is 6. The number of anilines is 3. The molecule has 0 saturated heterocycles. The van der Waals surface area contributed by atoms with Crippen molar-refractivity contribution in [2.24, 2.45) is 0 Å². The molecule has 2 heteroatoms. The molecule has 0 aliphatic carbocycles. The lowest BCUT2D eigenvalue weighted by Gasteiger charge is -2.27. The number of aromatic nitrogens is 1. The van der Waals surface area contributed by atoms with Gasteiger partial charge in [-0.1, -0.05) is 182 Å². The average molecular weight is 763 g/mol. The Morgan fingerprint density at radius 3 is 1.47 bits per heavy atom. The molecule has 60 heavy (non-hydrogen) atoms. The molecule has 0 saturated carbocycles. The Hall–Kier alpha value is -7.94. The zero-order valence-corrected chi connectivity index (χ0v) is 32.8. The van der Waals surface area contributed by atoms with Crippen molar-refractivity contribution in [3.8, 4) is 27.9 Å². The summed E-state index contributed by atoms with van der Waals surface area (Å²) < 4.78 is 2.47. The summed E-state index contributed by atoms with van der Waals surface area (Å²) in [5, 5.41) is 12.6. The molecular formula is C58H38N2. The highest BCUT2D eigenvalue weighted by Crippen LogP contribution is 2.43. The van der Waals surface area contributed by atoms with E-state index in [4.69, 9.17) is 0 Å². The van der Waals surface area contributed by atoms with Crippen molar-refractivity contribution in [1.82, 2.24) is 4.57 Å². The van der Waals surface area contributed by atoms with Crippen LogP contribution in [0, 0.1) is 0 Å². The standard InChI is InChI=1S/C58H38N2/c1-2-14-39(15-3-1)40-26-31-43(32-27-40)59(45-35-37-52-50-21-7-6-19-48(50)49-20-8-9-22-51(49)55(52)38-45)44-33-28-42(29-34-44)46-17-10-12-24-56(46)60-57-25-13-11-23-53(57)54-36-30-41-16-4-5-18-47(41)58(54)60/h1-38H. The van der Waals surface area contributed by atoms with Gasteiger partial charge >= 0.3 is 0 Å². The summed E-state index contributed by atoms with van der Waals surface area (Å²) in [6.45, 7) is 0. The van der Waals surface area contributed by atoms with Gasteiger partial charge in [0.2, 0.25) is 0 Å². The summed E-state index contributed by atoms with van der Waals surface area (Å²) in [5.74, 6) is 0. The molecule has 0 spiro atoms. The first-order chi connectivity index (χ1) is 29.8. The maximum Gasteiger partial charge on any atom is 0.0619 e. The topological polar surface area (TPSA) is 8.17 Å². The van der Waals surface area contributed by atoms with Crippen LogP contribution in [0.25, 0.3) is 92.8 Å². The smallest absolute Gasteiger partial charge is 0.0619 e. The molecule has 2 nitrogen and oxygen atoms in total. The van der Waals surface area contributed by atoms with Crippen LogP contribution in [0.1, 0.15) is 0 Å². The van der Waals surface area contributed by atoms with Gasteiger partial charge in [0, 0.05) is 38.8 Å². The largest absolute Gasteiger partial charge is 0.310 e. The number of benzene rings is 11. The molecule has 0 bridgehead atoms. The van der Waals surface area contributed by atoms with E-state index in [1.54, 1.807) is 0 Å². The maximum atomic E-state index is 2.47. The van der Waals surface area contributed by atoms with E-state index in [0.717, 1.165) is 28.3 Å². The molecule has 1 heterocycles. The van der Waals surface area contributed by atoms with Crippen LogP contribution in [0.3, 0.4) is 0 Å². The van der Waals surface area contributed by atoms with E-state index in [1.165, 1.54) is 81.6 Å². The molecule has 0 amide bonds. The predicted octanol–water partition coefficient (Wildman–Crippen LogP) is 16.2. The normalized spacial score (nSPS) is 11.7. The monoisotopic (exact) mass is 762 g/mol. The average Bonchev–Trinajstić information content (AvgIpc) is 3.67. The van der Waals surface area contributed by atoms with Gasteiger partial charge < -0.3 is 9.47 Å². The molecule has 0 aliphatic heterocycles. The van der Waals surface area contributed by atoms with E-state index < -0.39 is 0 Å². The van der Waals surface area contributed by atoms with Crippen molar-refractivity contribution in [2.75, 3.05) is 4.90 Å². The van der Waals surface area contributed by atoms with Crippen LogP contribution < -0.4 is 4.90 Å². The van der Waals surface area contributed by atoms with Gasteiger partial charge in [0.15, 0.2) is 0 Å². The molecule has 0 N–H and O–H groups in total. The summed E-state index contributed by atoms with van der Waals surface area (Å²) in [6.07, 6.45) is 0. The Bertz CT molecular complexity index is 3550. The van der Waals surface area contributed by atoms with E-state index in [2.05, 4.69) is 240 Å². The molecule has 12 rings (SSSR count). The molecule has 12 aromatic rings. The fraction of sp³-hybridized carbons (Fsp3) is 0. The lowest BCUT2D eigenvalue weighted by atomic mass is 9.94. The minimum atomic E-state index is 1.09. The van der Waals surface area contributed by atoms with Gasteiger partial charge in [-0.15, -0.1) is 0 Å². The third-order valence-electron chi connectivity index (χ3n) is 12.4. The van der Waals surface area contributed by atoms with Gasteiger partial charge in [0.25, 0.3) is 0 Å². The van der Waals surface area contributed by atoms with Crippen molar-refractivity contribution < 1.29 is 0 Å². The van der Waals surface area contributed by atoms with Gasteiger partial charge in [-0.3, -0.25) is 0 Å². The molecule has 0 radical (unpaired) electrons. The summed E-state index contributed by atoms with van der Waals surface area (Å²) in [6, 6.07) is 84.2. The number of fused-ring (bicyclic) bond motifs is 11. The maximum absolute atomic E-state index is 2.47. The van der Waals surface area contributed by atoms with Crippen molar-refractivity contribution in [2.45, 2.75) is 0 Å². The fourth-order valence-corrected chi connectivity index (χ4v) is 9.60. The van der Waals surface area contributed by atoms with Gasteiger partial charge in [0.05, 0.1) is 16.7 Å². The highest BCUT2D eigenvalue weighted by Gasteiger charge is 2.19. The lowest BCUT2D eigenvalue weighted by Crippen LogP contribution is -2.10. The summed E-state index contributed by atoms with van der Waals surface area (Å²) in [5.41, 5.74) is 11.7. The number of hydrogen-bond acceptors (Lipinski definition) is 1. The van der Waals surface area contributed by atoms with E-state index in [0.29, 0.717) is 0 Å². The van der Waals surface area contributed by atoms with E-state index >= 15 is 0 Å². The SMILES string of the molecule is c1ccc(-c2ccc(N(c3ccc(-c4ccccc4-n4c5ccccc5c5ccc6ccccc6c54)cc3)c3ccc4c5ccccc5c5ccccc5c4c3)cc2)cc1. The number of para-hydroxylation sites is 2. The van der Waals surface area contributed by atoms with Gasteiger partial charge in [-0.05, 0) is 103 Å². The van der Waals surface area contributed by atoms with Crippen molar-refractivity contribution in [3.05, 3.63) is 231 Å². The third kappa shape index (κ3) is 5.42. The van der Waals surface area contributed by atoms with Crippen molar-refractivity contribution >= 4 is 82.0 Å². The molecular weight excluding hydrogens is 725 g/mol. The Morgan fingerprint density at radius 1 is 0.283 bits per heavy atom. The third-order valence-corrected chi connectivity index (χ3v) is 12.4. The molecule has 1 aromatic heterocycles. The molecule has 0 fully saturated rings. The van der Waals surface area contributed by atoms with E-state index in [9.17, 15) is 0 Å². The quantitative estimate of drug-likeness (QED) is 0.153. The number of hydrogen-bond donors (Lipinski definition) is 0. The second kappa shape index (κ2) is 13.9. The molecule has 0 unspecified atom stereocenters. The van der Waals surface area contributed by atoms with Crippen LogP contribution in [-0.2, 0) is 0 Å². The van der Waals surface area contributed by atoms with Crippen LogP contribution in [0.15, 0.2) is 231 Å². The van der Waals surface area contributed by atoms with Crippen LogP contribution >= 0.6 is 0 Å². The van der Waals surface area contributed by atoms with Crippen LogP contribution in [0.4, 0.5) is 17.1 Å². The highest BCUT2D eigenvalue weighted by molar-refractivity contribution is 6.26. The molecule has 0 atom stereocenters. The van der Waals surface area contributed by atoms with Crippen LogP contribution in [-0.4, -0.2) is 4.57 Å². The summed E-state index contributed by atoms with van der Waals surface area (Å²) in [4.78, 5) is 2.40. The Labute approximate surface area is 348 Å². The van der Waals surface area contributed by atoms with Crippen LogP contribution in [0.2, 0.25) is 0 Å². The van der Waals surface area contributed by atoms with Gasteiger partial charge in [0.1, 0.15) is 0 Å². The molecule has 11 aromatic carbocycles. The van der Waals surface area contributed by atoms with E-state index in [-0.39, 0.29) is 0 Å². The molecule has 280 valence electrons. The van der Waals surface area contributed by atoms with Crippen LogP contribution in [0.5, 0.6) is 0 Å². The predicted molar refractivity (Wildman–Crippen MR) is 256 cm³/mol. The van der Waals surface area contributed by atoms with Gasteiger partial charge in [-0.2, -0.15) is 0 Å². The zero-order chi connectivity index (χ0) is 39.6. The molecule has 0 aliphatic rings. The zero-order valence-electron chi connectivity index (χ0n) is 32.8. The second-order valence-corrected chi connectivity index (χ2v) is 15.7. The first-order valence-electron chi connectivity index (χ1n) is 20.7. The minimum absolute atomic E-state index is 1.09. The number of nitrogens with zero attached hydrogens (tertiary/aromatic N) is 2. The summed E-state index contributed by atoms with van der Waals surface area (Å²) in [7, 11) is 0. The van der Waals surface area contributed by atoms with Crippen molar-refractivity contribution in [1.29, 1.82) is 0 Å². The first-order valence-corrected chi connectivity index (χ1v) is 20.7. The second-order valence-electron chi connectivity index (χ2n) is 15.7. The Balaban J connectivity index is 1.03. The summed E-state index contributed by atoms with van der Waals surface area (Å²) >= 11 is 0. The highest BCUT2D eigenvalue weighted by atomic mass is 15.1. The van der Waals surface area contributed by atoms with Gasteiger partial charge in [-0.25, -0.2) is 0 Å². The lowest BCUT2D eigenvalue weighted by molar-refractivity contribution is 1.19. The Morgan fingerprint density at radius 2 is 0.767 bits per heavy atom. The Kier molecular flexibility index (Phi) is 7.89. The minimum Gasteiger partial charge on any atom is -0.310 e. The first kappa shape index (κ1) is 34.1. The van der Waals surface area contributed by atoms with Crippen molar-refractivity contribution in [3.63, 3.8) is 0 Å².